The zero-order valence-corrected chi connectivity index (χ0v) is 12.6. The first-order chi connectivity index (χ1) is 8.47. The maximum atomic E-state index is 12.0. The van der Waals surface area contributed by atoms with Crippen molar-refractivity contribution in [2.24, 2.45) is 0 Å². The summed E-state index contributed by atoms with van der Waals surface area (Å²) in [6, 6.07) is 6.73. The highest BCUT2D eigenvalue weighted by molar-refractivity contribution is 9.10. The Bertz CT molecular complexity index is 459. The van der Waals surface area contributed by atoms with Crippen molar-refractivity contribution in [2.45, 2.75) is 39.3 Å². The molecule has 1 atom stereocenters. The minimum Gasteiger partial charge on any atom is -0.311 e. The molecule has 1 N–H and O–H groups in total. The highest BCUT2D eigenvalue weighted by Gasteiger charge is 2.30. The normalized spacial score (nSPS) is 19.9. The number of hydrogen-bond donors (Lipinski definition) is 1. The fourth-order valence-electron chi connectivity index (χ4n) is 2.34. The molecule has 1 unspecified atom stereocenters. The van der Waals surface area contributed by atoms with E-state index in [-0.39, 0.29) is 11.9 Å². The molecule has 1 saturated heterocycles. The molecular weight excluding hydrogens is 292 g/mol. The Morgan fingerprint density at radius 2 is 2.17 bits per heavy atom. The zero-order valence-electron chi connectivity index (χ0n) is 11.0. The molecule has 1 heterocycles. The molecule has 0 spiro atoms. The summed E-state index contributed by atoms with van der Waals surface area (Å²) in [5, 5.41) is 3.43. The van der Waals surface area contributed by atoms with Crippen LogP contribution >= 0.6 is 15.9 Å². The third-order valence-electron chi connectivity index (χ3n) is 3.15. The molecule has 1 amide bonds. The van der Waals surface area contributed by atoms with Gasteiger partial charge in [-0.3, -0.25) is 4.79 Å². The molecule has 0 radical (unpaired) electrons. The summed E-state index contributed by atoms with van der Waals surface area (Å²) in [5.74, 6) is 0.204. The second-order valence-corrected chi connectivity index (χ2v) is 6.01. The molecule has 3 nitrogen and oxygen atoms in total. The Balaban J connectivity index is 2.14. The topological polar surface area (TPSA) is 32.3 Å². The molecular formula is C14H19BrN2O. The highest BCUT2D eigenvalue weighted by Crippen LogP contribution is 2.26. The van der Waals surface area contributed by atoms with E-state index in [0.29, 0.717) is 12.5 Å². The van der Waals surface area contributed by atoms with Crippen LogP contribution in [0.15, 0.2) is 22.7 Å². The van der Waals surface area contributed by atoms with Crippen LogP contribution in [0.4, 0.5) is 5.69 Å². The van der Waals surface area contributed by atoms with E-state index >= 15 is 0 Å². The predicted molar refractivity (Wildman–Crippen MR) is 77.9 cm³/mol. The number of halogens is 1. The number of amides is 1. The number of carbonyl (C=O) groups is 1. The van der Waals surface area contributed by atoms with Crippen LogP contribution in [0.1, 0.15) is 25.8 Å². The number of aryl methyl sites for hydroxylation is 1. The molecule has 0 aliphatic carbocycles. The van der Waals surface area contributed by atoms with Crippen molar-refractivity contribution in [3.63, 3.8) is 0 Å². The molecule has 2 rings (SSSR count). The van der Waals surface area contributed by atoms with Crippen LogP contribution in [0, 0.1) is 6.92 Å². The van der Waals surface area contributed by atoms with Gasteiger partial charge in [-0.25, -0.2) is 0 Å². The first-order valence-corrected chi connectivity index (χ1v) is 7.09. The van der Waals surface area contributed by atoms with Crippen LogP contribution in [-0.2, 0) is 4.79 Å². The van der Waals surface area contributed by atoms with Gasteiger partial charge in [0.25, 0.3) is 0 Å². The largest absolute Gasteiger partial charge is 0.311 e. The number of rotatable bonds is 3. The third-order valence-corrected chi connectivity index (χ3v) is 4.04. The summed E-state index contributed by atoms with van der Waals surface area (Å²) in [6.07, 6.45) is 0.591. The Morgan fingerprint density at radius 1 is 1.44 bits per heavy atom. The first kappa shape index (κ1) is 13.6. The fourth-order valence-corrected chi connectivity index (χ4v) is 2.58. The second kappa shape index (κ2) is 5.41. The van der Waals surface area contributed by atoms with Crippen molar-refractivity contribution >= 4 is 27.5 Å². The molecule has 1 aliphatic heterocycles. The quantitative estimate of drug-likeness (QED) is 0.931. The summed E-state index contributed by atoms with van der Waals surface area (Å²) in [4.78, 5) is 13.9. The van der Waals surface area contributed by atoms with Crippen molar-refractivity contribution in [1.82, 2.24) is 5.32 Å². The Morgan fingerprint density at radius 3 is 2.78 bits per heavy atom. The number of benzene rings is 1. The minimum atomic E-state index is 0.204. The van der Waals surface area contributed by atoms with E-state index in [4.69, 9.17) is 0 Å². The van der Waals surface area contributed by atoms with Crippen LogP contribution in [0.25, 0.3) is 0 Å². The molecule has 18 heavy (non-hydrogen) atoms. The first-order valence-electron chi connectivity index (χ1n) is 6.30. The molecule has 1 aliphatic rings. The third kappa shape index (κ3) is 2.93. The highest BCUT2D eigenvalue weighted by atomic mass is 79.9. The lowest BCUT2D eigenvalue weighted by Crippen LogP contribution is -2.37. The second-order valence-electron chi connectivity index (χ2n) is 5.16. The summed E-state index contributed by atoms with van der Waals surface area (Å²) >= 11 is 3.48. The van der Waals surface area contributed by atoms with E-state index in [1.54, 1.807) is 0 Å². The lowest BCUT2D eigenvalue weighted by Gasteiger charge is -2.19. The average Bonchev–Trinajstić information content (AvgIpc) is 2.62. The maximum Gasteiger partial charge on any atom is 0.228 e. The summed E-state index contributed by atoms with van der Waals surface area (Å²) < 4.78 is 1.08. The molecule has 1 fully saturated rings. The zero-order chi connectivity index (χ0) is 13.3. The van der Waals surface area contributed by atoms with Gasteiger partial charge in [0.1, 0.15) is 0 Å². The molecule has 98 valence electrons. The van der Waals surface area contributed by atoms with Crippen molar-refractivity contribution in [3.8, 4) is 0 Å². The number of nitrogens with zero attached hydrogens (tertiary/aromatic N) is 1. The van der Waals surface area contributed by atoms with E-state index in [1.165, 1.54) is 0 Å². The lowest BCUT2D eigenvalue weighted by atomic mass is 10.2. The average molecular weight is 311 g/mol. The van der Waals surface area contributed by atoms with Crippen LogP contribution in [0.2, 0.25) is 0 Å². The van der Waals surface area contributed by atoms with Crippen LogP contribution in [-0.4, -0.2) is 24.5 Å². The van der Waals surface area contributed by atoms with E-state index in [9.17, 15) is 4.79 Å². The van der Waals surface area contributed by atoms with Gasteiger partial charge in [0.05, 0.1) is 0 Å². The predicted octanol–water partition coefficient (Wildman–Crippen LogP) is 2.86. The van der Waals surface area contributed by atoms with Crippen molar-refractivity contribution in [3.05, 3.63) is 28.2 Å². The minimum absolute atomic E-state index is 0.204. The van der Waals surface area contributed by atoms with Crippen molar-refractivity contribution in [1.29, 1.82) is 0 Å². The van der Waals surface area contributed by atoms with Gasteiger partial charge in [-0.05, 0) is 30.7 Å². The molecule has 1 aromatic rings. The monoisotopic (exact) mass is 310 g/mol. The van der Waals surface area contributed by atoms with Gasteiger partial charge in [0.15, 0.2) is 0 Å². The van der Waals surface area contributed by atoms with E-state index in [2.05, 4.69) is 41.2 Å². The molecule has 0 saturated carbocycles. The van der Waals surface area contributed by atoms with Gasteiger partial charge in [-0.1, -0.05) is 29.8 Å². The molecule has 0 bridgehead atoms. The van der Waals surface area contributed by atoms with E-state index < -0.39 is 0 Å². The number of hydrogen-bond acceptors (Lipinski definition) is 2. The van der Waals surface area contributed by atoms with E-state index in [1.807, 2.05) is 24.0 Å². The Labute approximate surface area is 117 Å². The van der Waals surface area contributed by atoms with Crippen LogP contribution in [0.5, 0.6) is 0 Å². The smallest absolute Gasteiger partial charge is 0.228 e. The maximum absolute atomic E-state index is 12.0. The number of nitrogens with one attached hydrogen (secondary N) is 1. The fraction of sp³-hybridized carbons (Fsp3) is 0.500. The summed E-state index contributed by atoms with van der Waals surface area (Å²) in [7, 11) is 0. The molecule has 1 aromatic carbocycles. The van der Waals surface area contributed by atoms with Gasteiger partial charge >= 0.3 is 0 Å². The van der Waals surface area contributed by atoms with Crippen LogP contribution in [0.3, 0.4) is 0 Å². The summed E-state index contributed by atoms with van der Waals surface area (Å²) in [5.41, 5.74) is 2.15. The van der Waals surface area contributed by atoms with Gasteiger partial charge in [0.2, 0.25) is 5.91 Å². The SMILES string of the molecule is Cc1cc(N2CC(NC(C)C)CC2=O)ccc1Br. The van der Waals surface area contributed by atoms with E-state index in [0.717, 1.165) is 22.3 Å². The number of carbonyl (C=O) groups excluding carboxylic acids is 1. The lowest BCUT2D eigenvalue weighted by molar-refractivity contribution is -0.117. The Kier molecular flexibility index (Phi) is 4.07. The van der Waals surface area contributed by atoms with Gasteiger partial charge in [0, 0.05) is 35.2 Å². The summed E-state index contributed by atoms with van der Waals surface area (Å²) in [6.45, 7) is 7.02. The molecule has 0 aromatic heterocycles. The molecule has 4 heteroatoms. The number of anilines is 1. The van der Waals surface area contributed by atoms with Gasteiger partial charge < -0.3 is 10.2 Å². The Hall–Kier alpha value is -0.870. The van der Waals surface area contributed by atoms with Gasteiger partial charge in [-0.15, -0.1) is 0 Å². The standard InChI is InChI=1S/C14H19BrN2O/c1-9(2)16-11-7-14(18)17(8-11)12-4-5-13(15)10(3)6-12/h4-6,9,11,16H,7-8H2,1-3H3. The van der Waals surface area contributed by atoms with Crippen molar-refractivity contribution in [2.75, 3.05) is 11.4 Å². The van der Waals surface area contributed by atoms with Gasteiger partial charge in [-0.2, -0.15) is 0 Å². The van der Waals surface area contributed by atoms with Crippen LogP contribution < -0.4 is 10.2 Å². The van der Waals surface area contributed by atoms with Crippen molar-refractivity contribution < 1.29 is 4.79 Å².